The Morgan fingerprint density at radius 2 is 1.97 bits per heavy atom. The topological polar surface area (TPSA) is 95.6 Å². The molecule has 0 bridgehead atoms. The molecule has 1 amide bonds. The smallest absolute Gasteiger partial charge is 0.222 e. The summed E-state index contributed by atoms with van der Waals surface area (Å²) in [4.78, 5) is 22.4. The van der Waals surface area contributed by atoms with Crippen LogP contribution in [-0.4, -0.2) is 37.0 Å². The van der Waals surface area contributed by atoms with Gasteiger partial charge in [-0.2, -0.15) is 0 Å². The first kappa shape index (κ1) is 20.6. The normalized spacial score (nSPS) is 17.1. The number of nitrogens with two attached hydrogens (primary N) is 1. The quantitative estimate of drug-likeness (QED) is 0.509. The van der Waals surface area contributed by atoms with Crippen molar-refractivity contribution in [3.8, 4) is 0 Å². The van der Waals surface area contributed by atoms with Gasteiger partial charge < -0.3 is 21.3 Å². The van der Waals surface area contributed by atoms with Gasteiger partial charge in [0.15, 0.2) is 5.96 Å². The van der Waals surface area contributed by atoms with Gasteiger partial charge in [-0.3, -0.25) is 9.79 Å². The molecule has 0 spiro atoms. The zero-order valence-electron chi connectivity index (χ0n) is 16.6. The predicted molar refractivity (Wildman–Crippen MR) is 112 cm³/mol. The first-order valence-corrected chi connectivity index (χ1v) is 9.74. The zero-order valence-corrected chi connectivity index (χ0v) is 16.6. The average Bonchev–Trinajstić information content (AvgIpc) is 2.75. The second kappa shape index (κ2) is 9.86. The van der Waals surface area contributed by atoms with E-state index in [-0.39, 0.29) is 17.6 Å². The van der Waals surface area contributed by atoms with Gasteiger partial charge >= 0.3 is 0 Å². The first-order valence-electron chi connectivity index (χ1n) is 9.74. The number of carbonyl (C=O) groups is 1. The van der Waals surface area contributed by atoms with Gasteiger partial charge in [0.2, 0.25) is 5.91 Å². The molecule has 1 aliphatic rings. The molecule has 0 aliphatic carbocycles. The second-order valence-electron chi connectivity index (χ2n) is 7.04. The number of carbonyl (C=O) groups excluding carboxylic acids is 1. The van der Waals surface area contributed by atoms with Crippen LogP contribution in [0.15, 0.2) is 47.6 Å². The third kappa shape index (κ3) is 5.43. The standard InChI is InChI=1S/C21H27FN6O/c1-24-21(26-12-15-6-2-3-9-18(15)22)27-13-16-7-4-10-25-20(16)28-11-5-8-17(14-28)19(23)29/h2-4,6-7,9-10,17H,5,8,11-14H2,1H3,(H2,23,29)(H2,24,26,27). The number of amides is 1. The number of rotatable bonds is 6. The van der Waals surface area contributed by atoms with Gasteiger partial charge in [-0.1, -0.05) is 24.3 Å². The lowest BCUT2D eigenvalue weighted by atomic mass is 9.97. The van der Waals surface area contributed by atoms with E-state index < -0.39 is 0 Å². The maximum Gasteiger partial charge on any atom is 0.222 e. The highest BCUT2D eigenvalue weighted by Gasteiger charge is 2.25. The number of aromatic nitrogens is 1. The average molecular weight is 398 g/mol. The third-order valence-electron chi connectivity index (χ3n) is 5.06. The molecule has 8 heteroatoms. The van der Waals surface area contributed by atoms with Gasteiger partial charge in [0.25, 0.3) is 0 Å². The number of hydrogen-bond donors (Lipinski definition) is 3. The highest BCUT2D eigenvalue weighted by molar-refractivity contribution is 5.80. The summed E-state index contributed by atoms with van der Waals surface area (Å²) in [5.41, 5.74) is 7.07. The maximum atomic E-state index is 13.8. The second-order valence-corrected chi connectivity index (χ2v) is 7.04. The van der Waals surface area contributed by atoms with E-state index in [0.29, 0.717) is 31.2 Å². The van der Waals surface area contributed by atoms with Crippen LogP contribution in [0.4, 0.5) is 10.2 Å². The Labute approximate surface area is 170 Å². The van der Waals surface area contributed by atoms with Crippen molar-refractivity contribution in [2.45, 2.75) is 25.9 Å². The Morgan fingerprint density at radius 3 is 2.69 bits per heavy atom. The van der Waals surface area contributed by atoms with Gasteiger partial charge in [0.1, 0.15) is 11.6 Å². The molecule has 1 unspecified atom stereocenters. The number of guanidine groups is 1. The zero-order chi connectivity index (χ0) is 20.6. The lowest BCUT2D eigenvalue weighted by molar-refractivity contribution is -0.122. The van der Waals surface area contributed by atoms with Crippen LogP contribution in [0.25, 0.3) is 0 Å². The Kier molecular flexibility index (Phi) is 6.99. The Hall–Kier alpha value is -3.16. The largest absolute Gasteiger partial charge is 0.369 e. The number of piperidine rings is 1. The summed E-state index contributed by atoms with van der Waals surface area (Å²) in [6.07, 6.45) is 3.47. The van der Waals surface area contributed by atoms with E-state index in [4.69, 9.17) is 5.73 Å². The van der Waals surface area contributed by atoms with Crippen LogP contribution in [0.1, 0.15) is 24.0 Å². The van der Waals surface area contributed by atoms with E-state index in [9.17, 15) is 9.18 Å². The minimum Gasteiger partial charge on any atom is -0.369 e. The van der Waals surface area contributed by atoms with Crippen molar-refractivity contribution in [1.29, 1.82) is 0 Å². The number of halogens is 1. The van der Waals surface area contributed by atoms with E-state index >= 15 is 0 Å². The summed E-state index contributed by atoms with van der Waals surface area (Å²) in [6, 6.07) is 10.5. The lowest BCUT2D eigenvalue weighted by Crippen LogP contribution is -2.42. The van der Waals surface area contributed by atoms with Gasteiger partial charge in [0.05, 0.1) is 5.92 Å². The van der Waals surface area contributed by atoms with E-state index in [1.54, 1.807) is 31.4 Å². The molecule has 4 N–H and O–H groups in total. The minimum atomic E-state index is -0.261. The van der Waals surface area contributed by atoms with E-state index in [2.05, 4.69) is 25.5 Å². The molecular weight excluding hydrogens is 371 g/mol. The van der Waals surface area contributed by atoms with Crippen molar-refractivity contribution < 1.29 is 9.18 Å². The molecule has 1 saturated heterocycles. The van der Waals surface area contributed by atoms with Crippen molar-refractivity contribution in [3.05, 3.63) is 59.5 Å². The van der Waals surface area contributed by atoms with Gasteiger partial charge in [-0.15, -0.1) is 0 Å². The van der Waals surface area contributed by atoms with Gasteiger partial charge in [-0.25, -0.2) is 9.37 Å². The Balaban J connectivity index is 1.63. The molecule has 3 rings (SSSR count). The van der Waals surface area contributed by atoms with Gasteiger partial charge in [0, 0.05) is 50.6 Å². The van der Waals surface area contributed by atoms with Crippen molar-refractivity contribution in [3.63, 3.8) is 0 Å². The number of benzene rings is 1. The number of hydrogen-bond acceptors (Lipinski definition) is 4. The Morgan fingerprint density at radius 1 is 1.24 bits per heavy atom. The molecular formula is C21H27FN6O. The van der Waals surface area contributed by atoms with Crippen LogP contribution >= 0.6 is 0 Å². The summed E-state index contributed by atoms with van der Waals surface area (Å²) in [5, 5.41) is 6.37. The van der Waals surface area contributed by atoms with Gasteiger partial charge in [-0.05, 0) is 25.0 Å². The van der Waals surface area contributed by atoms with Crippen molar-refractivity contribution in [2.75, 3.05) is 25.0 Å². The summed E-state index contributed by atoms with van der Waals surface area (Å²) in [6.45, 7) is 2.25. The summed E-state index contributed by atoms with van der Waals surface area (Å²) in [5.74, 6) is 0.746. The van der Waals surface area contributed by atoms with Crippen LogP contribution in [0.2, 0.25) is 0 Å². The molecule has 1 aromatic heterocycles. The van der Waals surface area contributed by atoms with Crippen LogP contribution in [0.3, 0.4) is 0 Å². The highest BCUT2D eigenvalue weighted by Crippen LogP contribution is 2.24. The number of anilines is 1. The fourth-order valence-electron chi connectivity index (χ4n) is 3.48. The minimum absolute atomic E-state index is 0.151. The van der Waals surface area contributed by atoms with Crippen molar-refractivity contribution >= 4 is 17.7 Å². The predicted octanol–water partition coefficient (Wildman–Crippen LogP) is 1.79. The van der Waals surface area contributed by atoms with Crippen molar-refractivity contribution in [2.24, 2.45) is 16.6 Å². The van der Waals surface area contributed by atoms with Crippen LogP contribution in [0, 0.1) is 11.7 Å². The lowest BCUT2D eigenvalue weighted by Gasteiger charge is -2.33. The third-order valence-corrected chi connectivity index (χ3v) is 5.06. The summed E-state index contributed by atoms with van der Waals surface area (Å²) in [7, 11) is 1.67. The van der Waals surface area contributed by atoms with Crippen LogP contribution in [-0.2, 0) is 17.9 Å². The fraction of sp³-hybridized carbons (Fsp3) is 0.381. The van der Waals surface area contributed by atoms with E-state index in [0.717, 1.165) is 30.8 Å². The van der Waals surface area contributed by atoms with E-state index in [1.165, 1.54) is 6.07 Å². The number of pyridine rings is 1. The summed E-state index contributed by atoms with van der Waals surface area (Å²) >= 11 is 0. The molecule has 1 aromatic carbocycles. The molecule has 29 heavy (non-hydrogen) atoms. The monoisotopic (exact) mass is 398 g/mol. The van der Waals surface area contributed by atoms with Crippen molar-refractivity contribution in [1.82, 2.24) is 15.6 Å². The number of primary amides is 1. The molecule has 0 radical (unpaired) electrons. The molecule has 2 aromatic rings. The molecule has 2 heterocycles. The molecule has 1 fully saturated rings. The number of nitrogens with zero attached hydrogens (tertiary/aromatic N) is 3. The molecule has 1 atom stereocenters. The molecule has 0 saturated carbocycles. The maximum absolute atomic E-state index is 13.8. The Bertz CT molecular complexity index is 872. The van der Waals surface area contributed by atoms with E-state index in [1.807, 2.05) is 12.1 Å². The molecule has 7 nitrogen and oxygen atoms in total. The van der Waals surface area contributed by atoms with Crippen LogP contribution in [0.5, 0.6) is 0 Å². The SMILES string of the molecule is CN=C(NCc1ccccc1F)NCc1cccnc1N1CCCC(C(N)=O)C1. The summed E-state index contributed by atoms with van der Waals surface area (Å²) < 4.78 is 13.8. The number of aliphatic imine (C=N–C) groups is 1. The molecule has 154 valence electrons. The first-order chi connectivity index (χ1) is 14.1. The number of nitrogens with one attached hydrogen (secondary N) is 2. The highest BCUT2D eigenvalue weighted by atomic mass is 19.1. The molecule has 1 aliphatic heterocycles. The van der Waals surface area contributed by atoms with Crippen LogP contribution < -0.4 is 21.3 Å². The fourth-order valence-corrected chi connectivity index (χ4v) is 3.48.